The van der Waals surface area contributed by atoms with Crippen molar-refractivity contribution in [3.05, 3.63) is 83.6 Å². The summed E-state index contributed by atoms with van der Waals surface area (Å²) in [5, 5.41) is 40.5. The molecule has 291 valence electrons. The molecular weight excluding hydrogens is 723 g/mol. The Hall–Kier alpha value is -2.79. The number of carbonyl (C=O) groups is 3. The smallest absolute Gasteiger partial charge is 0.481 e. The van der Waals surface area contributed by atoms with E-state index in [0.717, 1.165) is 93.8 Å². The first-order chi connectivity index (χ1) is 25.6. The molecule has 6 N–H and O–H groups in total. The van der Waals surface area contributed by atoms with Crippen LogP contribution in [-0.2, 0) is 57.4 Å². The SMILES string of the molecule is O=C(O)[C@@H](Cc1cccc(CN(Cc2cccc(C[C@H](C(=O)O)[C@H]3CCNC3)c2)CC23[CH-]C4(C[C@H](C(=O)O)[C@H]5CCNC5)[CH-]C(C2)C43)c1)[C@H]1CCNC1.[Mn+2]. The zero-order valence-electron chi connectivity index (χ0n) is 31.1. The second-order valence-corrected chi connectivity index (χ2v) is 17.5. The minimum Gasteiger partial charge on any atom is -0.481 e. The summed E-state index contributed by atoms with van der Waals surface area (Å²) in [6.07, 6.45) is 10.5. The fourth-order valence-electron chi connectivity index (χ4n) is 11.7. The van der Waals surface area contributed by atoms with Crippen LogP contribution < -0.4 is 16.0 Å². The van der Waals surface area contributed by atoms with E-state index in [1.807, 2.05) is 0 Å². The summed E-state index contributed by atoms with van der Waals surface area (Å²) in [6.45, 7) is 7.21. The van der Waals surface area contributed by atoms with E-state index < -0.39 is 29.7 Å². The van der Waals surface area contributed by atoms with Gasteiger partial charge in [-0.2, -0.15) is 5.92 Å². The van der Waals surface area contributed by atoms with Crippen molar-refractivity contribution >= 4 is 17.9 Å². The quantitative estimate of drug-likeness (QED) is 0.0964. The Kier molecular flexibility index (Phi) is 11.9. The van der Waals surface area contributed by atoms with Gasteiger partial charge in [0.2, 0.25) is 0 Å². The van der Waals surface area contributed by atoms with E-state index in [4.69, 9.17) is 0 Å². The van der Waals surface area contributed by atoms with Crippen molar-refractivity contribution < 1.29 is 46.8 Å². The Labute approximate surface area is 330 Å². The maximum atomic E-state index is 12.5. The van der Waals surface area contributed by atoms with Gasteiger partial charge < -0.3 is 44.1 Å². The minimum absolute atomic E-state index is 0. The summed E-state index contributed by atoms with van der Waals surface area (Å²) in [5.41, 5.74) is 4.39. The molecule has 6 fully saturated rings. The molecule has 10 atom stereocenters. The Balaban J connectivity index is 0.00000450. The van der Waals surface area contributed by atoms with E-state index >= 15 is 0 Å². The van der Waals surface area contributed by atoms with Gasteiger partial charge in [0.05, 0.1) is 17.8 Å². The molecule has 0 amide bonds. The van der Waals surface area contributed by atoms with Crippen molar-refractivity contribution in [2.24, 2.45) is 58.2 Å². The fraction of sp³-hybridized carbons (Fsp3) is 0.605. The first kappa shape index (κ1) is 39.4. The molecule has 11 heteroatoms. The number of carboxylic acid groups (broad SMARTS) is 3. The van der Waals surface area contributed by atoms with Crippen LogP contribution in [0.3, 0.4) is 0 Å². The summed E-state index contributed by atoms with van der Waals surface area (Å²) in [6, 6.07) is 16.9. The summed E-state index contributed by atoms with van der Waals surface area (Å²) in [5.74, 6) is -1.79. The van der Waals surface area contributed by atoms with Crippen LogP contribution in [0.2, 0.25) is 0 Å². The molecule has 3 aliphatic heterocycles. The van der Waals surface area contributed by atoms with Gasteiger partial charge in [-0.3, -0.25) is 24.7 Å². The molecule has 2 aromatic carbocycles. The van der Waals surface area contributed by atoms with E-state index in [0.29, 0.717) is 44.2 Å². The molecule has 0 spiro atoms. The van der Waals surface area contributed by atoms with Crippen LogP contribution in [0.5, 0.6) is 0 Å². The standard InChI is InChI=1S/C43H56N4O6.Mn/c48-39(49)35(31-7-10-44-20-31)15-27-3-1-5-29(13-27)23-47(24-30-6-2-4-28(14-30)16-36(40(50)51)32-8-11-45-21-32)26-43-18-34-17-42(25-43,38(34)43)19-37(41(52)53)33-9-12-46-22-33;/h1-6,13-14,17,25,31-38,44-46H,7-12,15-16,18-24,26H2,(H,48,49)(H,50,51)(H,52,53);/q-2;+2/t31-,32-,33-,34?,35-,36-,37-,38?,42?,43?;/m0./s1. The number of rotatable bonds is 18. The molecule has 3 aliphatic carbocycles. The molecule has 4 unspecified atom stereocenters. The van der Waals surface area contributed by atoms with Crippen molar-refractivity contribution in [1.29, 1.82) is 0 Å². The van der Waals surface area contributed by atoms with Crippen LogP contribution >= 0.6 is 0 Å². The predicted octanol–water partition coefficient (Wildman–Crippen LogP) is 4.14. The first-order valence-electron chi connectivity index (χ1n) is 20.0. The maximum absolute atomic E-state index is 12.5. The number of hydrogen-bond acceptors (Lipinski definition) is 7. The minimum atomic E-state index is -0.728. The van der Waals surface area contributed by atoms with E-state index in [2.05, 4.69) is 82.2 Å². The van der Waals surface area contributed by atoms with Gasteiger partial charge in [0.15, 0.2) is 0 Å². The number of benzene rings is 2. The van der Waals surface area contributed by atoms with Gasteiger partial charge >= 0.3 is 35.0 Å². The number of nitrogens with one attached hydrogen (secondary N) is 3. The molecule has 2 aromatic rings. The summed E-state index contributed by atoms with van der Waals surface area (Å²) in [7, 11) is 0. The third-order valence-electron chi connectivity index (χ3n) is 14.1. The van der Waals surface area contributed by atoms with Crippen molar-refractivity contribution in [3.63, 3.8) is 0 Å². The normalized spacial score (nSPS) is 32.4. The van der Waals surface area contributed by atoms with Gasteiger partial charge in [0, 0.05) is 13.1 Å². The average Bonchev–Trinajstić information content (AvgIpc) is 3.93. The molecule has 0 bridgehead atoms. The van der Waals surface area contributed by atoms with Crippen LogP contribution in [0, 0.1) is 71.0 Å². The van der Waals surface area contributed by atoms with E-state index in [-0.39, 0.29) is 51.6 Å². The van der Waals surface area contributed by atoms with Gasteiger partial charge in [0.1, 0.15) is 0 Å². The molecule has 54 heavy (non-hydrogen) atoms. The molecule has 6 aliphatic rings. The van der Waals surface area contributed by atoms with Gasteiger partial charge in [-0.1, -0.05) is 61.4 Å². The number of aliphatic carboxylic acids is 3. The zero-order chi connectivity index (χ0) is 36.7. The van der Waals surface area contributed by atoms with Crippen LogP contribution in [-0.4, -0.2) is 83.9 Å². The Morgan fingerprint density at radius 1 is 0.722 bits per heavy atom. The van der Waals surface area contributed by atoms with E-state index in [1.54, 1.807) is 0 Å². The number of nitrogens with zero attached hydrogens (tertiary/aromatic N) is 1. The van der Waals surface area contributed by atoms with Crippen LogP contribution in [0.25, 0.3) is 0 Å². The van der Waals surface area contributed by atoms with E-state index in [1.165, 1.54) is 0 Å². The number of hydrogen-bond donors (Lipinski definition) is 6. The molecule has 3 saturated heterocycles. The zero-order valence-corrected chi connectivity index (χ0v) is 32.3. The van der Waals surface area contributed by atoms with Crippen LogP contribution in [0.1, 0.15) is 54.4 Å². The van der Waals surface area contributed by atoms with Crippen molar-refractivity contribution in [2.75, 3.05) is 45.8 Å². The van der Waals surface area contributed by atoms with Crippen molar-refractivity contribution in [2.45, 2.75) is 58.0 Å². The second kappa shape index (κ2) is 16.4. The third kappa shape index (κ3) is 7.91. The molecule has 3 saturated carbocycles. The molecular formula is C43H56MnN4O6. The van der Waals surface area contributed by atoms with Crippen LogP contribution in [0.15, 0.2) is 48.5 Å². The predicted molar refractivity (Wildman–Crippen MR) is 200 cm³/mol. The first-order valence-corrected chi connectivity index (χ1v) is 20.0. The monoisotopic (exact) mass is 779 g/mol. The summed E-state index contributed by atoms with van der Waals surface area (Å²) < 4.78 is 0. The second-order valence-electron chi connectivity index (χ2n) is 17.5. The molecule has 10 nitrogen and oxygen atoms in total. The molecule has 1 radical (unpaired) electrons. The Morgan fingerprint density at radius 2 is 1.19 bits per heavy atom. The van der Waals surface area contributed by atoms with Crippen molar-refractivity contribution in [1.82, 2.24) is 20.9 Å². The summed E-state index contributed by atoms with van der Waals surface area (Å²) >= 11 is 0. The average molecular weight is 780 g/mol. The maximum Gasteiger partial charge on any atom is 2.00 e. The van der Waals surface area contributed by atoms with Crippen LogP contribution in [0.4, 0.5) is 0 Å². The topological polar surface area (TPSA) is 151 Å². The molecule has 0 aromatic heterocycles. The van der Waals surface area contributed by atoms with Gasteiger partial charge in [0.25, 0.3) is 0 Å². The van der Waals surface area contributed by atoms with Crippen molar-refractivity contribution in [3.8, 4) is 0 Å². The fourth-order valence-corrected chi connectivity index (χ4v) is 11.7. The molecule has 3 heterocycles. The summed E-state index contributed by atoms with van der Waals surface area (Å²) in [4.78, 5) is 39.6. The largest absolute Gasteiger partial charge is 2.00 e. The third-order valence-corrected chi connectivity index (χ3v) is 14.1. The van der Waals surface area contributed by atoms with Gasteiger partial charge in [-0.25, -0.2) is 0 Å². The molecule has 8 rings (SSSR count). The van der Waals surface area contributed by atoms with Gasteiger partial charge in [-0.05, 0) is 118 Å². The van der Waals surface area contributed by atoms with E-state index in [9.17, 15) is 29.7 Å². The van der Waals surface area contributed by atoms with Gasteiger partial charge in [-0.15, -0.1) is 11.3 Å². The number of carboxylic acids is 3. The Morgan fingerprint density at radius 3 is 1.59 bits per heavy atom. The Bertz CT molecular complexity index is 1590.